The van der Waals surface area contributed by atoms with E-state index < -0.39 is 24.0 Å². The van der Waals surface area contributed by atoms with Gasteiger partial charge in [-0.1, -0.05) is 12.1 Å². The predicted octanol–water partition coefficient (Wildman–Crippen LogP) is 4.50. The van der Waals surface area contributed by atoms with E-state index >= 15 is 4.39 Å². The van der Waals surface area contributed by atoms with Gasteiger partial charge in [-0.3, -0.25) is 23.4 Å². The van der Waals surface area contributed by atoms with Crippen LogP contribution in [0.4, 0.5) is 10.1 Å². The van der Waals surface area contributed by atoms with Crippen LogP contribution >= 0.6 is 0 Å². The molecule has 3 fully saturated rings. The van der Waals surface area contributed by atoms with Crippen LogP contribution in [0.1, 0.15) is 85.3 Å². The maximum Gasteiger partial charge on any atom is 0.329 e. The molecule has 2 saturated heterocycles. The Kier molecular flexibility index (Phi) is 8.77. The first-order chi connectivity index (χ1) is 26.2. The number of benzene rings is 2. The first kappa shape index (κ1) is 34.4. The van der Waals surface area contributed by atoms with Crippen molar-refractivity contribution in [3.05, 3.63) is 88.6 Å². The molecule has 4 aromatic heterocycles. The average molecular weight is 735 g/mol. The van der Waals surface area contributed by atoms with E-state index in [-0.39, 0.29) is 35.3 Å². The number of rotatable bonds is 7. The molecule has 2 aliphatic heterocycles. The molecule has 3 aliphatic rings. The van der Waals surface area contributed by atoms with Gasteiger partial charge in [-0.2, -0.15) is 10.2 Å². The van der Waals surface area contributed by atoms with E-state index in [0.29, 0.717) is 29.4 Å². The first-order valence-corrected chi connectivity index (χ1v) is 18.9. The maximum atomic E-state index is 15.1. The second-order valence-electron chi connectivity index (χ2n) is 15.2. The third-order valence-corrected chi connectivity index (χ3v) is 11.9. The molecule has 14 nitrogen and oxygen atoms in total. The van der Waals surface area contributed by atoms with Crippen molar-refractivity contribution in [1.29, 1.82) is 0 Å². The number of imidazole rings is 1. The van der Waals surface area contributed by atoms with Crippen molar-refractivity contribution in [2.24, 2.45) is 13.0 Å². The second kappa shape index (κ2) is 13.8. The number of anilines is 1. The Morgan fingerprint density at radius 1 is 1.06 bits per heavy atom. The molecule has 1 saturated carbocycles. The fourth-order valence-electron chi connectivity index (χ4n) is 9.07. The summed E-state index contributed by atoms with van der Waals surface area (Å²) in [5.41, 5.74) is 4.02. The largest absolute Gasteiger partial charge is 0.372 e. The zero-order valence-corrected chi connectivity index (χ0v) is 30.1. The number of para-hydroxylation sites is 1. The summed E-state index contributed by atoms with van der Waals surface area (Å²) in [5, 5.41) is 25.5. The number of aliphatic hydroxyl groups is 1. The lowest BCUT2D eigenvalue weighted by atomic mass is 9.84. The molecule has 6 heterocycles. The molecule has 3 N–H and O–H groups in total. The number of aryl methyl sites for hydroxylation is 1. The topological polar surface area (TPSA) is 157 Å². The zero-order valence-electron chi connectivity index (χ0n) is 30.1. The van der Waals surface area contributed by atoms with E-state index in [2.05, 4.69) is 31.7 Å². The van der Waals surface area contributed by atoms with Gasteiger partial charge in [-0.05, 0) is 93.6 Å². The van der Waals surface area contributed by atoms with Crippen LogP contribution in [0.2, 0.25) is 0 Å². The minimum atomic E-state index is -1.09. The zero-order chi connectivity index (χ0) is 37.1. The molecular formula is C39H43FN10O4. The van der Waals surface area contributed by atoms with Gasteiger partial charge in [0.15, 0.2) is 5.65 Å². The Labute approximate surface area is 309 Å². The highest BCUT2D eigenvalue weighted by Gasteiger charge is 2.33. The van der Waals surface area contributed by atoms with Gasteiger partial charge >= 0.3 is 5.69 Å². The molecular weight excluding hydrogens is 691 g/mol. The van der Waals surface area contributed by atoms with Crippen LogP contribution in [0.25, 0.3) is 27.6 Å². The smallest absolute Gasteiger partial charge is 0.329 e. The molecule has 2 amide bonds. The normalized spacial score (nSPS) is 23.0. The first-order valence-electron chi connectivity index (χ1n) is 18.9. The van der Waals surface area contributed by atoms with Crippen LogP contribution in [0.3, 0.4) is 0 Å². The van der Waals surface area contributed by atoms with Crippen molar-refractivity contribution >= 4 is 45.1 Å². The summed E-state index contributed by atoms with van der Waals surface area (Å²) in [6, 6.07) is 10.6. The van der Waals surface area contributed by atoms with Crippen molar-refractivity contribution in [3.8, 4) is 0 Å². The number of likely N-dealkylation sites (tertiary alicyclic amines) is 1. The quantitative estimate of drug-likeness (QED) is 0.217. The third-order valence-electron chi connectivity index (χ3n) is 11.9. The summed E-state index contributed by atoms with van der Waals surface area (Å²) < 4.78 is 22.0. The lowest BCUT2D eigenvalue weighted by Gasteiger charge is -2.37. The summed E-state index contributed by atoms with van der Waals surface area (Å²) >= 11 is 0. The molecule has 2 unspecified atom stereocenters. The van der Waals surface area contributed by atoms with E-state index in [1.54, 1.807) is 40.7 Å². The van der Waals surface area contributed by atoms with Gasteiger partial charge in [0.2, 0.25) is 5.91 Å². The molecule has 0 radical (unpaired) electrons. The Balaban J connectivity index is 0.810. The number of aliphatic hydroxyl groups excluding tert-OH is 1. The Morgan fingerprint density at radius 3 is 2.67 bits per heavy atom. The maximum absolute atomic E-state index is 15.1. The number of carbonyl (C=O) groups is 2. The molecule has 54 heavy (non-hydrogen) atoms. The van der Waals surface area contributed by atoms with Gasteiger partial charge in [-0.15, -0.1) is 0 Å². The lowest BCUT2D eigenvalue weighted by Crippen LogP contribution is -2.47. The number of aromatic nitrogens is 7. The number of nitrogens with one attached hydrogen (secondary N) is 2. The van der Waals surface area contributed by atoms with E-state index in [9.17, 15) is 19.5 Å². The summed E-state index contributed by atoms with van der Waals surface area (Å²) in [4.78, 5) is 45.1. The fraction of sp³-hybridized carbons (Fsp3) is 0.436. The number of piperidine rings is 2. The van der Waals surface area contributed by atoms with Crippen molar-refractivity contribution in [2.75, 3.05) is 25.0 Å². The molecule has 15 heteroatoms. The summed E-state index contributed by atoms with van der Waals surface area (Å²) in [5.74, 6) is -0.306. The minimum Gasteiger partial charge on any atom is -0.372 e. The van der Waals surface area contributed by atoms with Crippen LogP contribution in [0.15, 0.2) is 66.0 Å². The number of fused-ring (bicyclic) bond motifs is 3. The number of halogens is 1. The number of carbonyl (C=O) groups excluding carboxylic acids is 2. The average Bonchev–Trinajstić information content (AvgIpc) is 3.87. The standard InChI is InChI=1S/C39H43FN10O4/c1-46-35-27(4-2-5-32(35)50(39(46)54)33-10-11-34(51)44-38(33)53)24-12-16-47(17-13-24)21-23-6-8-26(9-7-23)49-22-25-18-31(29(40)19-30(25)45-49)43-37(52)28-20-42-48-15-3-14-41-36(28)48/h2-5,14-15,18-20,22-24,26,33,38,53H,6-13,16-17,21H2,1H3,(H,43,52)(H,44,51)/t23-,26-,33?,38?. The number of hydrogen-bond donors (Lipinski definition) is 3. The van der Waals surface area contributed by atoms with Crippen molar-refractivity contribution in [2.45, 2.75) is 75.6 Å². The van der Waals surface area contributed by atoms with Crippen LogP contribution in [0, 0.1) is 11.7 Å². The Morgan fingerprint density at radius 2 is 1.87 bits per heavy atom. The van der Waals surface area contributed by atoms with Gasteiger partial charge in [0.1, 0.15) is 17.6 Å². The minimum absolute atomic E-state index is 0.0875. The SMILES string of the molecule is Cn1c(=O)n(C2CCC(=O)NC2O)c2cccc(C3CCN(C[C@H]4CC[C@H](n5cc6cc(NC(=O)c7cnn8cccnc78)c(F)cc6n5)CC4)CC3)c21. The van der Waals surface area contributed by atoms with Crippen LogP contribution in [0.5, 0.6) is 0 Å². The van der Waals surface area contributed by atoms with E-state index in [1.165, 1.54) is 22.3 Å². The molecule has 280 valence electrons. The Bertz CT molecular complexity index is 2450. The molecule has 0 bridgehead atoms. The summed E-state index contributed by atoms with van der Waals surface area (Å²) in [7, 11) is 1.80. The van der Waals surface area contributed by atoms with Gasteiger partial charge in [0.05, 0.1) is 40.5 Å². The molecule has 9 rings (SSSR count). The van der Waals surface area contributed by atoms with Crippen LogP contribution < -0.4 is 16.3 Å². The van der Waals surface area contributed by atoms with Crippen molar-refractivity contribution in [1.82, 2.24) is 43.7 Å². The molecule has 2 aromatic carbocycles. The van der Waals surface area contributed by atoms with E-state index in [4.69, 9.17) is 5.10 Å². The van der Waals surface area contributed by atoms with E-state index in [1.807, 2.05) is 23.0 Å². The fourth-order valence-corrected chi connectivity index (χ4v) is 9.07. The van der Waals surface area contributed by atoms with Gasteiger partial charge < -0.3 is 20.6 Å². The van der Waals surface area contributed by atoms with Crippen LogP contribution in [-0.4, -0.2) is 81.2 Å². The van der Waals surface area contributed by atoms with Gasteiger partial charge in [0.25, 0.3) is 5.91 Å². The highest BCUT2D eigenvalue weighted by molar-refractivity contribution is 6.08. The number of nitrogens with zero attached hydrogens (tertiary/aromatic N) is 8. The third kappa shape index (κ3) is 6.14. The van der Waals surface area contributed by atoms with E-state index in [0.717, 1.165) is 74.6 Å². The molecule has 2 atom stereocenters. The van der Waals surface area contributed by atoms with Crippen LogP contribution in [-0.2, 0) is 11.8 Å². The molecule has 6 aromatic rings. The summed E-state index contributed by atoms with van der Waals surface area (Å²) in [6.07, 6.45) is 12.4. The highest BCUT2D eigenvalue weighted by Crippen LogP contribution is 2.37. The lowest BCUT2D eigenvalue weighted by molar-refractivity contribution is -0.128. The van der Waals surface area contributed by atoms with Gasteiger partial charge in [0, 0.05) is 50.1 Å². The highest BCUT2D eigenvalue weighted by atomic mass is 19.1. The summed E-state index contributed by atoms with van der Waals surface area (Å²) in [6.45, 7) is 3.04. The molecule has 1 aliphatic carbocycles. The van der Waals surface area contributed by atoms with Crippen molar-refractivity contribution in [3.63, 3.8) is 0 Å². The van der Waals surface area contributed by atoms with Gasteiger partial charge in [-0.25, -0.2) is 18.7 Å². The molecule has 0 spiro atoms. The predicted molar refractivity (Wildman–Crippen MR) is 200 cm³/mol. The van der Waals surface area contributed by atoms with Crippen molar-refractivity contribution < 1.29 is 19.1 Å². The monoisotopic (exact) mass is 734 g/mol. The Hall–Kier alpha value is -5.41. The number of hydrogen-bond acceptors (Lipinski definition) is 8. The second-order valence-corrected chi connectivity index (χ2v) is 15.2. The number of amides is 2.